The van der Waals surface area contributed by atoms with Crippen LogP contribution in [-0.2, 0) is 0 Å². The van der Waals surface area contributed by atoms with Gasteiger partial charge in [-0.2, -0.15) is 0 Å². The smallest absolute Gasteiger partial charge is 0.295 e. The van der Waals surface area contributed by atoms with E-state index in [4.69, 9.17) is 0 Å². The number of para-hydroxylation sites is 1. The van der Waals surface area contributed by atoms with Crippen molar-refractivity contribution in [2.24, 2.45) is 0 Å². The number of nitrogens with zero attached hydrogens (tertiary/aromatic N) is 4. The number of fused-ring (bicyclic) bond motifs is 1. The van der Waals surface area contributed by atoms with Gasteiger partial charge in [0.25, 0.3) is 5.91 Å². The molecule has 2 heterocycles. The first-order chi connectivity index (χ1) is 12.6. The lowest BCUT2D eigenvalue weighted by molar-refractivity contribution is 0.101. The fourth-order valence-corrected chi connectivity index (χ4v) is 2.70. The molecule has 0 saturated heterocycles. The van der Waals surface area contributed by atoms with Crippen LogP contribution < -0.4 is 5.32 Å². The Kier molecular flexibility index (Phi) is 3.89. The molecule has 0 radical (unpaired) electrons. The summed E-state index contributed by atoms with van der Waals surface area (Å²) in [5, 5.41) is 7.96. The highest BCUT2D eigenvalue weighted by molar-refractivity contribution is 6.06. The zero-order valence-electron chi connectivity index (χ0n) is 13.8. The molecule has 2 aromatic carbocycles. The molecule has 2 aromatic heterocycles. The number of nitrogens with one attached hydrogen (secondary N) is 1. The van der Waals surface area contributed by atoms with Crippen LogP contribution in [-0.4, -0.2) is 25.7 Å². The number of halogens is 1. The molecule has 26 heavy (non-hydrogen) atoms. The number of hydrogen-bond acceptors (Lipinski definition) is 4. The van der Waals surface area contributed by atoms with Gasteiger partial charge in [-0.05, 0) is 43.3 Å². The van der Waals surface area contributed by atoms with Gasteiger partial charge in [0.1, 0.15) is 11.6 Å². The molecule has 0 aliphatic heterocycles. The predicted molar refractivity (Wildman–Crippen MR) is 95.8 cm³/mol. The summed E-state index contributed by atoms with van der Waals surface area (Å²) in [6, 6.07) is 15.1. The van der Waals surface area contributed by atoms with E-state index in [2.05, 4.69) is 20.4 Å². The van der Waals surface area contributed by atoms with Crippen LogP contribution in [0, 0.1) is 12.7 Å². The Morgan fingerprint density at radius 2 is 1.85 bits per heavy atom. The molecule has 0 fully saturated rings. The Hall–Kier alpha value is -3.61. The van der Waals surface area contributed by atoms with Crippen LogP contribution in [0.15, 0.2) is 60.8 Å². The van der Waals surface area contributed by atoms with Crippen molar-refractivity contribution in [1.82, 2.24) is 19.7 Å². The lowest BCUT2D eigenvalue weighted by atomic mass is 10.2. The number of amides is 1. The lowest BCUT2D eigenvalue weighted by Gasteiger charge is -2.06. The fourth-order valence-electron chi connectivity index (χ4n) is 2.70. The molecule has 0 atom stereocenters. The minimum Gasteiger partial charge on any atom is -0.317 e. The zero-order valence-corrected chi connectivity index (χ0v) is 13.8. The Morgan fingerprint density at radius 3 is 2.65 bits per heavy atom. The third-order valence-electron chi connectivity index (χ3n) is 3.92. The van der Waals surface area contributed by atoms with Crippen LogP contribution >= 0.6 is 0 Å². The first kappa shape index (κ1) is 15.9. The van der Waals surface area contributed by atoms with E-state index in [0.29, 0.717) is 22.7 Å². The van der Waals surface area contributed by atoms with Crippen LogP contribution in [0.1, 0.15) is 16.4 Å². The van der Waals surface area contributed by atoms with Crippen LogP contribution in [0.2, 0.25) is 0 Å². The van der Waals surface area contributed by atoms with E-state index in [-0.39, 0.29) is 11.6 Å². The van der Waals surface area contributed by atoms with Crippen molar-refractivity contribution in [1.29, 1.82) is 0 Å². The minimum absolute atomic E-state index is 0.0276. The molecule has 0 spiro atoms. The van der Waals surface area contributed by atoms with E-state index >= 15 is 0 Å². The zero-order chi connectivity index (χ0) is 18.1. The Morgan fingerprint density at radius 1 is 1.08 bits per heavy atom. The molecule has 0 bridgehead atoms. The summed E-state index contributed by atoms with van der Waals surface area (Å²) < 4.78 is 14.6. The van der Waals surface area contributed by atoms with Crippen molar-refractivity contribution in [2.45, 2.75) is 6.92 Å². The number of aryl methyl sites for hydroxylation is 1. The molecule has 128 valence electrons. The number of hydrogen-bond donors (Lipinski definition) is 1. The maximum atomic E-state index is 13.1. The molecule has 7 heteroatoms. The van der Waals surface area contributed by atoms with Gasteiger partial charge in [0.15, 0.2) is 0 Å². The SMILES string of the molecule is Cc1nc(C(=O)Nc2cccc3cccnc23)nn1-c1ccc(F)cc1. The van der Waals surface area contributed by atoms with Crippen molar-refractivity contribution in [2.75, 3.05) is 5.32 Å². The highest BCUT2D eigenvalue weighted by atomic mass is 19.1. The molecule has 4 rings (SSSR count). The quantitative estimate of drug-likeness (QED) is 0.615. The van der Waals surface area contributed by atoms with Crippen molar-refractivity contribution in [3.05, 3.63) is 78.3 Å². The summed E-state index contributed by atoms with van der Waals surface area (Å²) in [6.07, 6.45) is 1.67. The number of anilines is 1. The van der Waals surface area contributed by atoms with E-state index in [9.17, 15) is 9.18 Å². The highest BCUT2D eigenvalue weighted by Gasteiger charge is 2.16. The van der Waals surface area contributed by atoms with Crippen LogP contribution in [0.3, 0.4) is 0 Å². The topological polar surface area (TPSA) is 72.7 Å². The number of carbonyl (C=O) groups excluding carboxylic acids is 1. The molecule has 0 aliphatic rings. The van der Waals surface area contributed by atoms with Crippen LogP contribution in [0.5, 0.6) is 0 Å². The van der Waals surface area contributed by atoms with Crippen molar-refractivity contribution < 1.29 is 9.18 Å². The molecule has 6 nitrogen and oxygen atoms in total. The average molecular weight is 347 g/mol. The van der Waals surface area contributed by atoms with E-state index in [1.54, 1.807) is 31.3 Å². The fraction of sp³-hybridized carbons (Fsp3) is 0.0526. The third-order valence-corrected chi connectivity index (χ3v) is 3.92. The Bertz CT molecular complexity index is 1100. The molecule has 1 N–H and O–H groups in total. The largest absolute Gasteiger partial charge is 0.317 e. The third kappa shape index (κ3) is 2.90. The first-order valence-corrected chi connectivity index (χ1v) is 7.96. The van der Waals surface area contributed by atoms with Crippen molar-refractivity contribution in [3.63, 3.8) is 0 Å². The van der Waals surface area contributed by atoms with Gasteiger partial charge in [-0.1, -0.05) is 18.2 Å². The predicted octanol–water partition coefficient (Wildman–Crippen LogP) is 3.52. The van der Waals surface area contributed by atoms with Crippen molar-refractivity contribution >= 4 is 22.5 Å². The first-order valence-electron chi connectivity index (χ1n) is 7.96. The molecular weight excluding hydrogens is 333 g/mol. The van der Waals surface area contributed by atoms with Gasteiger partial charge in [-0.15, -0.1) is 5.10 Å². The number of carbonyl (C=O) groups is 1. The number of aromatic nitrogens is 4. The van der Waals surface area contributed by atoms with E-state index < -0.39 is 5.91 Å². The second-order valence-electron chi connectivity index (χ2n) is 5.71. The monoisotopic (exact) mass is 347 g/mol. The minimum atomic E-state index is -0.438. The summed E-state index contributed by atoms with van der Waals surface area (Å²) in [5.41, 5.74) is 1.91. The maximum Gasteiger partial charge on any atom is 0.295 e. The van der Waals surface area contributed by atoms with Crippen LogP contribution in [0.4, 0.5) is 10.1 Å². The molecule has 0 saturated carbocycles. The second kappa shape index (κ2) is 6.36. The van der Waals surface area contributed by atoms with E-state index in [1.165, 1.54) is 16.8 Å². The Labute approximate surface area is 148 Å². The summed E-state index contributed by atoms with van der Waals surface area (Å²) in [6.45, 7) is 1.73. The van der Waals surface area contributed by atoms with Gasteiger partial charge in [-0.25, -0.2) is 14.1 Å². The number of pyridine rings is 1. The molecule has 0 unspecified atom stereocenters. The van der Waals surface area contributed by atoms with E-state index in [0.717, 1.165) is 5.39 Å². The summed E-state index contributed by atoms with van der Waals surface area (Å²) >= 11 is 0. The number of rotatable bonds is 3. The molecule has 1 amide bonds. The summed E-state index contributed by atoms with van der Waals surface area (Å²) in [4.78, 5) is 21.1. The molecule has 0 aliphatic carbocycles. The van der Waals surface area contributed by atoms with Gasteiger partial charge in [0.05, 0.1) is 16.9 Å². The number of benzene rings is 2. The van der Waals surface area contributed by atoms with Gasteiger partial charge in [0, 0.05) is 11.6 Å². The molecular formula is C19H14FN5O. The molecule has 4 aromatic rings. The lowest BCUT2D eigenvalue weighted by Crippen LogP contribution is -2.14. The Balaban J connectivity index is 1.65. The van der Waals surface area contributed by atoms with Gasteiger partial charge < -0.3 is 5.32 Å². The summed E-state index contributed by atoms with van der Waals surface area (Å²) in [7, 11) is 0. The standard InChI is InChI=1S/C19H14FN5O/c1-12-22-18(24-25(12)15-9-7-14(20)8-10-15)19(26)23-16-6-2-4-13-5-3-11-21-17(13)16/h2-11H,1H3,(H,23,26). The van der Waals surface area contributed by atoms with Gasteiger partial charge >= 0.3 is 0 Å². The van der Waals surface area contributed by atoms with E-state index in [1.807, 2.05) is 24.3 Å². The maximum absolute atomic E-state index is 13.1. The van der Waals surface area contributed by atoms with Crippen molar-refractivity contribution in [3.8, 4) is 5.69 Å². The van der Waals surface area contributed by atoms with Crippen LogP contribution in [0.25, 0.3) is 16.6 Å². The second-order valence-corrected chi connectivity index (χ2v) is 5.71. The highest BCUT2D eigenvalue weighted by Crippen LogP contribution is 2.21. The van der Waals surface area contributed by atoms with Gasteiger partial charge in [-0.3, -0.25) is 9.78 Å². The summed E-state index contributed by atoms with van der Waals surface area (Å²) in [5.74, 6) is -0.224. The normalized spacial score (nSPS) is 10.8. The van der Waals surface area contributed by atoms with Gasteiger partial charge in [0.2, 0.25) is 5.82 Å². The average Bonchev–Trinajstić information content (AvgIpc) is 3.05.